The van der Waals surface area contributed by atoms with E-state index in [1.165, 1.54) is 18.1 Å². The second-order valence-electron chi connectivity index (χ2n) is 5.51. The summed E-state index contributed by atoms with van der Waals surface area (Å²) in [6, 6.07) is 10.1. The van der Waals surface area contributed by atoms with Gasteiger partial charge in [-0.15, -0.1) is 0 Å². The van der Waals surface area contributed by atoms with Crippen molar-refractivity contribution < 1.29 is 23.5 Å². The predicted octanol–water partition coefficient (Wildman–Crippen LogP) is 1.73. The number of amides is 2. The summed E-state index contributed by atoms with van der Waals surface area (Å²) in [6.45, 7) is 1.79. The molecule has 0 saturated heterocycles. The normalized spacial score (nSPS) is 10.2. The van der Waals surface area contributed by atoms with Crippen LogP contribution < -0.4 is 5.32 Å². The number of benzene rings is 1. The van der Waals surface area contributed by atoms with Crippen molar-refractivity contribution >= 4 is 17.8 Å². The molecule has 0 spiro atoms. The van der Waals surface area contributed by atoms with E-state index in [1.54, 1.807) is 43.4 Å². The van der Waals surface area contributed by atoms with E-state index < -0.39 is 5.97 Å². The van der Waals surface area contributed by atoms with Crippen LogP contribution in [0.5, 0.6) is 0 Å². The molecule has 2 rings (SSSR count). The standard InChI is InChI=1S/C18H20N2O5/c1-13(21)19-10-14-5-7-15(8-6-14)18(23)25-12-17(22)20(2)11-16-4-3-9-24-16/h3-9H,10-12H2,1-2H3,(H,19,21). The van der Waals surface area contributed by atoms with Crippen LogP contribution >= 0.6 is 0 Å². The molecule has 7 nitrogen and oxygen atoms in total. The molecule has 2 aromatic rings. The van der Waals surface area contributed by atoms with Gasteiger partial charge in [-0.1, -0.05) is 12.1 Å². The molecule has 0 aliphatic rings. The molecule has 1 N–H and O–H groups in total. The number of likely N-dealkylation sites (N-methyl/N-ethyl adjacent to an activating group) is 1. The second-order valence-corrected chi connectivity index (χ2v) is 5.51. The Kier molecular flexibility index (Phi) is 6.33. The average molecular weight is 344 g/mol. The first-order valence-corrected chi connectivity index (χ1v) is 7.72. The Morgan fingerprint density at radius 1 is 1.16 bits per heavy atom. The van der Waals surface area contributed by atoms with Crippen molar-refractivity contribution in [3.8, 4) is 0 Å². The lowest BCUT2D eigenvalue weighted by atomic mass is 10.1. The third-order valence-electron chi connectivity index (χ3n) is 3.46. The Hall–Kier alpha value is -3.09. The summed E-state index contributed by atoms with van der Waals surface area (Å²) >= 11 is 0. The van der Waals surface area contributed by atoms with E-state index in [-0.39, 0.29) is 18.4 Å². The molecule has 25 heavy (non-hydrogen) atoms. The first-order chi connectivity index (χ1) is 12.0. The van der Waals surface area contributed by atoms with Gasteiger partial charge in [0, 0.05) is 20.5 Å². The Morgan fingerprint density at radius 3 is 2.48 bits per heavy atom. The Balaban J connectivity index is 1.80. The van der Waals surface area contributed by atoms with Crippen molar-refractivity contribution in [3.63, 3.8) is 0 Å². The Labute approximate surface area is 145 Å². The van der Waals surface area contributed by atoms with E-state index in [0.29, 0.717) is 24.4 Å². The van der Waals surface area contributed by atoms with Crippen molar-refractivity contribution in [2.24, 2.45) is 0 Å². The Morgan fingerprint density at radius 2 is 1.88 bits per heavy atom. The van der Waals surface area contributed by atoms with E-state index in [0.717, 1.165) is 5.56 Å². The maximum Gasteiger partial charge on any atom is 0.338 e. The molecular weight excluding hydrogens is 324 g/mol. The number of ether oxygens (including phenoxy) is 1. The number of furan rings is 1. The van der Waals surface area contributed by atoms with Gasteiger partial charge in [-0.2, -0.15) is 0 Å². The first kappa shape index (κ1) is 18.3. The van der Waals surface area contributed by atoms with Crippen molar-refractivity contribution in [3.05, 3.63) is 59.5 Å². The van der Waals surface area contributed by atoms with Gasteiger partial charge in [-0.3, -0.25) is 9.59 Å². The molecule has 1 aromatic carbocycles. The van der Waals surface area contributed by atoms with Gasteiger partial charge >= 0.3 is 5.97 Å². The summed E-state index contributed by atoms with van der Waals surface area (Å²) in [5.74, 6) is -0.379. The molecular formula is C18H20N2O5. The molecule has 2 amide bonds. The van der Waals surface area contributed by atoms with Crippen LogP contribution in [0.4, 0.5) is 0 Å². The number of rotatable bonds is 7. The summed E-state index contributed by atoms with van der Waals surface area (Å²) in [7, 11) is 1.61. The molecule has 0 atom stereocenters. The van der Waals surface area contributed by atoms with Gasteiger partial charge in [0.25, 0.3) is 5.91 Å². The van der Waals surface area contributed by atoms with Crippen LogP contribution in [0.25, 0.3) is 0 Å². The molecule has 0 saturated carbocycles. The molecule has 0 bridgehead atoms. The molecule has 0 fully saturated rings. The average Bonchev–Trinajstić information content (AvgIpc) is 3.10. The van der Waals surface area contributed by atoms with Gasteiger partial charge < -0.3 is 19.4 Å². The third-order valence-corrected chi connectivity index (χ3v) is 3.46. The van der Waals surface area contributed by atoms with E-state index >= 15 is 0 Å². The quantitative estimate of drug-likeness (QED) is 0.773. The summed E-state index contributed by atoms with van der Waals surface area (Å²) in [6.07, 6.45) is 1.53. The van der Waals surface area contributed by atoms with Crippen LogP contribution in [0.1, 0.15) is 28.6 Å². The summed E-state index contributed by atoms with van der Waals surface area (Å²) < 4.78 is 10.2. The molecule has 7 heteroatoms. The maximum absolute atomic E-state index is 12.0. The smallest absolute Gasteiger partial charge is 0.338 e. The van der Waals surface area contributed by atoms with Crippen LogP contribution in [0.3, 0.4) is 0 Å². The number of carbonyl (C=O) groups is 3. The summed E-state index contributed by atoms with van der Waals surface area (Å²) in [5, 5.41) is 2.67. The van der Waals surface area contributed by atoms with E-state index in [4.69, 9.17) is 9.15 Å². The zero-order valence-electron chi connectivity index (χ0n) is 14.2. The number of esters is 1. The van der Waals surface area contributed by atoms with Gasteiger partial charge in [0.2, 0.25) is 5.91 Å². The Bertz CT molecular complexity index is 722. The summed E-state index contributed by atoms with van der Waals surface area (Å²) in [4.78, 5) is 36.2. The maximum atomic E-state index is 12.0. The molecule has 132 valence electrons. The SMILES string of the molecule is CC(=O)NCc1ccc(C(=O)OCC(=O)N(C)Cc2ccco2)cc1. The number of nitrogens with one attached hydrogen (secondary N) is 1. The van der Waals surface area contributed by atoms with Gasteiger partial charge in [0.05, 0.1) is 18.4 Å². The molecule has 0 aliphatic carbocycles. The summed E-state index contributed by atoms with van der Waals surface area (Å²) in [5.41, 5.74) is 1.20. The lowest BCUT2D eigenvalue weighted by Crippen LogP contribution is -2.30. The van der Waals surface area contributed by atoms with Crippen LogP contribution in [0.2, 0.25) is 0 Å². The first-order valence-electron chi connectivity index (χ1n) is 7.72. The fourth-order valence-corrected chi connectivity index (χ4v) is 2.03. The number of hydrogen-bond donors (Lipinski definition) is 1. The minimum absolute atomic E-state index is 0.124. The van der Waals surface area contributed by atoms with Crippen molar-refractivity contribution in [1.82, 2.24) is 10.2 Å². The third kappa shape index (κ3) is 5.80. The van der Waals surface area contributed by atoms with Crippen molar-refractivity contribution in [1.29, 1.82) is 0 Å². The number of carbonyl (C=O) groups excluding carboxylic acids is 3. The lowest BCUT2D eigenvalue weighted by Gasteiger charge is -2.15. The molecule has 1 aromatic heterocycles. The minimum atomic E-state index is -0.578. The van der Waals surface area contributed by atoms with Crippen LogP contribution in [-0.2, 0) is 27.4 Å². The van der Waals surface area contributed by atoms with Gasteiger partial charge in [-0.05, 0) is 29.8 Å². The number of hydrogen-bond acceptors (Lipinski definition) is 5. The second kappa shape index (κ2) is 8.68. The van der Waals surface area contributed by atoms with E-state index in [2.05, 4.69) is 5.32 Å². The fourth-order valence-electron chi connectivity index (χ4n) is 2.03. The van der Waals surface area contributed by atoms with Gasteiger partial charge in [-0.25, -0.2) is 4.79 Å². The highest BCUT2D eigenvalue weighted by atomic mass is 16.5. The van der Waals surface area contributed by atoms with Gasteiger partial charge in [0.1, 0.15) is 5.76 Å². The highest BCUT2D eigenvalue weighted by molar-refractivity contribution is 5.91. The monoisotopic (exact) mass is 344 g/mol. The largest absolute Gasteiger partial charge is 0.467 e. The zero-order valence-corrected chi connectivity index (χ0v) is 14.2. The lowest BCUT2D eigenvalue weighted by molar-refractivity contribution is -0.134. The molecule has 1 heterocycles. The van der Waals surface area contributed by atoms with Crippen molar-refractivity contribution in [2.45, 2.75) is 20.0 Å². The van der Waals surface area contributed by atoms with E-state index in [1.807, 2.05) is 0 Å². The van der Waals surface area contributed by atoms with E-state index in [9.17, 15) is 14.4 Å². The highest BCUT2D eigenvalue weighted by Crippen LogP contribution is 2.07. The fraction of sp³-hybridized carbons (Fsp3) is 0.278. The molecule has 0 unspecified atom stereocenters. The molecule has 0 aliphatic heterocycles. The van der Waals surface area contributed by atoms with Gasteiger partial charge in [0.15, 0.2) is 6.61 Å². The van der Waals surface area contributed by atoms with Crippen LogP contribution in [0.15, 0.2) is 47.1 Å². The highest BCUT2D eigenvalue weighted by Gasteiger charge is 2.14. The van der Waals surface area contributed by atoms with Crippen LogP contribution in [0, 0.1) is 0 Å². The predicted molar refractivity (Wildman–Crippen MR) is 89.4 cm³/mol. The molecule has 0 radical (unpaired) electrons. The van der Waals surface area contributed by atoms with Crippen LogP contribution in [-0.4, -0.2) is 36.3 Å². The minimum Gasteiger partial charge on any atom is -0.467 e. The topological polar surface area (TPSA) is 88.8 Å². The number of nitrogens with zero attached hydrogens (tertiary/aromatic N) is 1. The van der Waals surface area contributed by atoms with Crippen molar-refractivity contribution in [2.75, 3.05) is 13.7 Å². The zero-order chi connectivity index (χ0) is 18.2.